The highest BCUT2D eigenvalue weighted by molar-refractivity contribution is 5.28. The van der Waals surface area contributed by atoms with Crippen LogP contribution in [0.15, 0.2) is 24.3 Å². The Morgan fingerprint density at radius 3 is 3.12 bits per heavy atom. The molecule has 1 fully saturated rings. The lowest BCUT2D eigenvalue weighted by Gasteiger charge is -2.12. The van der Waals surface area contributed by atoms with E-state index in [1.165, 1.54) is 12.8 Å². The summed E-state index contributed by atoms with van der Waals surface area (Å²) in [6, 6.07) is 8.61. The van der Waals surface area contributed by atoms with E-state index in [1.807, 2.05) is 24.3 Å². The Morgan fingerprint density at radius 1 is 1.44 bits per heavy atom. The summed E-state index contributed by atoms with van der Waals surface area (Å²) in [6.07, 6.45) is 2.48. The molecule has 2 rings (SSSR count). The van der Waals surface area contributed by atoms with E-state index in [4.69, 9.17) is 9.47 Å². The van der Waals surface area contributed by atoms with Crippen molar-refractivity contribution in [1.29, 1.82) is 0 Å². The van der Waals surface area contributed by atoms with Gasteiger partial charge in [-0.15, -0.1) is 0 Å². The van der Waals surface area contributed by atoms with Crippen LogP contribution in [0.3, 0.4) is 0 Å². The number of hydrogen-bond acceptors (Lipinski definition) is 3. The lowest BCUT2D eigenvalue weighted by Crippen LogP contribution is -2.28. The van der Waals surface area contributed by atoms with Crippen LogP contribution < -0.4 is 10.1 Å². The van der Waals surface area contributed by atoms with Crippen molar-refractivity contribution >= 4 is 0 Å². The minimum atomic E-state index is 0.520. The molecule has 88 valence electrons. The maximum atomic E-state index is 5.76. The summed E-state index contributed by atoms with van der Waals surface area (Å²) in [7, 11) is 1.70. The molecular weight excluding hydrogens is 202 g/mol. The lowest BCUT2D eigenvalue weighted by atomic mass is 10.2. The fourth-order valence-corrected chi connectivity index (χ4v) is 1.99. The molecule has 1 atom stereocenters. The van der Waals surface area contributed by atoms with Crippen molar-refractivity contribution in [3.05, 3.63) is 29.8 Å². The fourth-order valence-electron chi connectivity index (χ4n) is 1.99. The summed E-state index contributed by atoms with van der Waals surface area (Å²) in [5.74, 6) is 0.934. The molecule has 1 aliphatic heterocycles. The van der Waals surface area contributed by atoms with E-state index < -0.39 is 0 Å². The summed E-state index contributed by atoms with van der Waals surface area (Å²) >= 11 is 0. The topological polar surface area (TPSA) is 30.5 Å². The molecule has 1 N–H and O–H groups in total. The summed E-state index contributed by atoms with van der Waals surface area (Å²) < 4.78 is 10.9. The first-order valence-electron chi connectivity index (χ1n) is 5.82. The van der Waals surface area contributed by atoms with Gasteiger partial charge in [-0.1, -0.05) is 12.1 Å². The van der Waals surface area contributed by atoms with Gasteiger partial charge in [-0.25, -0.2) is 0 Å². The molecule has 0 amide bonds. The average Bonchev–Trinajstić information content (AvgIpc) is 2.80. The number of nitrogens with one attached hydrogen (secondary N) is 1. The van der Waals surface area contributed by atoms with Gasteiger partial charge >= 0.3 is 0 Å². The third-order valence-electron chi connectivity index (χ3n) is 2.82. The molecule has 1 aliphatic rings. The van der Waals surface area contributed by atoms with Gasteiger partial charge in [0.15, 0.2) is 0 Å². The smallest absolute Gasteiger partial charge is 0.119 e. The zero-order valence-corrected chi connectivity index (χ0v) is 9.74. The van der Waals surface area contributed by atoms with Gasteiger partial charge in [-0.05, 0) is 37.1 Å². The van der Waals surface area contributed by atoms with Crippen LogP contribution in [0.5, 0.6) is 5.75 Å². The Kier molecular flexibility index (Phi) is 4.19. The van der Waals surface area contributed by atoms with Crippen LogP contribution >= 0.6 is 0 Å². The second kappa shape index (κ2) is 5.87. The SMILES string of the molecule is COCc1cccc(OC[C@H]2CCCN2)c1. The number of rotatable bonds is 5. The molecule has 0 unspecified atom stereocenters. The summed E-state index contributed by atoms with van der Waals surface area (Å²) in [6.45, 7) is 2.52. The van der Waals surface area contributed by atoms with E-state index in [9.17, 15) is 0 Å². The molecule has 0 radical (unpaired) electrons. The fraction of sp³-hybridized carbons (Fsp3) is 0.538. The normalized spacial score (nSPS) is 19.9. The number of hydrogen-bond donors (Lipinski definition) is 1. The zero-order valence-electron chi connectivity index (χ0n) is 9.74. The molecule has 1 saturated heterocycles. The first-order chi connectivity index (χ1) is 7.88. The summed E-state index contributed by atoms with van der Waals surface area (Å²) in [5, 5.41) is 3.42. The monoisotopic (exact) mass is 221 g/mol. The zero-order chi connectivity index (χ0) is 11.2. The minimum absolute atomic E-state index is 0.520. The van der Waals surface area contributed by atoms with Gasteiger partial charge in [-0.2, -0.15) is 0 Å². The summed E-state index contributed by atoms with van der Waals surface area (Å²) in [5.41, 5.74) is 1.15. The molecule has 0 aliphatic carbocycles. The highest BCUT2D eigenvalue weighted by atomic mass is 16.5. The molecule has 16 heavy (non-hydrogen) atoms. The van der Waals surface area contributed by atoms with Gasteiger partial charge in [0, 0.05) is 13.2 Å². The second-order valence-electron chi connectivity index (χ2n) is 4.18. The van der Waals surface area contributed by atoms with Crippen LogP contribution in [0.2, 0.25) is 0 Å². The van der Waals surface area contributed by atoms with Crippen molar-refractivity contribution in [2.75, 3.05) is 20.3 Å². The molecule has 0 bridgehead atoms. The third kappa shape index (κ3) is 3.22. The minimum Gasteiger partial charge on any atom is -0.492 e. The van der Waals surface area contributed by atoms with E-state index in [-0.39, 0.29) is 0 Å². The largest absolute Gasteiger partial charge is 0.492 e. The third-order valence-corrected chi connectivity index (χ3v) is 2.82. The maximum absolute atomic E-state index is 5.76. The second-order valence-corrected chi connectivity index (χ2v) is 4.18. The standard InChI is InChI=1S/C13H19NO2/c1-15-9-11-4-2-6-13(8-11)16-10-12-5-3-7-14-12/h2,4,6,8,12,14H,3,5,7,9-10H2,1H3/t12-/m1/s1. The molecule has 3 heteroatoms. The number of ether oxygens (including phenoxy) is 2. The Morgan fingerprint density at radius 2 is 2.38 bits per heavy atom. The highest BCUT2D eigenvalue weighted by Crippen LogP contribution is 2.15. The van der Waals surface area contributed by atoms with Crippen LogP contribution in [-0.4, -0.2) is 26.3 Å². The Balaban J connectivity index is 1.85. The van der Waals surface area contributed by atoms with Crippen molar-refractivity contribution in [3.8, 4) is 5.75 Å². The van der Waals surface area contributed by atoms with Gasteiger partial charge in [0.05, 0.1) is 6.61 Å². The van der Waals surface area contributed by atoms with E-state index in [2.05, 4.69) is 5.32 Å². The number of benzene rings is 1. The van der Waals surface area contributed by atoms with E-state index in [0.29, 0.717) is 12.6 Å². The van der Waals surface area contributed by atoms with E-state index in [0.717, 1.165) is 24.5 Å². The molecule has 0 aromatic heterocycles. The van der Waals surface area contributed by atoms with Gasteiger partial charge in [0.1, 0.15) is 12.4 Å². The maximum Gasteiger partial charge on any atom is 0.119 e. The van der Waals surface area contributed by atoms with Crippen molar-refractivity contribution in [2.45, 2.75) is 25.5 Å². The average molecular weight is 221 g/mol. The predicted molar refractivity (Wildman–Crippen MR) is 63.7 cm³/mol. The van der Waals surface area contributed by atoms with E-state index >= 15 is 0 Å². The van der Waals surface area contributed by atoms with Crippen molar-refractivity contribution < 1.29 is 9.47 Å². The van der Waals surface area contributed by atoms with Gasteiger partial charge in [0.2, 0.25) is 0 Å². The summed E-state index contributed by atoms with van der Waals surface area (Å²) in [4.78, 5) is 0. The molecule has 0 saturated carbocycles. The van der Waals surface area contributed by atoms with Crippen LogP contribution in [0.1, 0.15) is 18.4 Å². The number of methoxy groups -OCH3 is 1. The van der Waals surface area contributed by atoms with Crippen LogP contribution in [0, 0.1) is 0 Å². The van der Waals surface area contributed by atoms with Crippen molar-refractivity contribution in [1.82, 2.24) is 5.32 Å². The van der Waals surface area contributed by atoms with Crippen molar-refractivity contribution in [3.63, 3.8) is 0 Å². The van der Waals surface area contributed by atoms with Gasteiger partial charge in [0.25, 0.3) is 0 Å². The van der Waals surface area contributed by atoms with Crippen LogP contribution in [0.4, 0.5) is 0 Å². The lowest BCUT2D eigenvalue weighted by molar-refractivity contribution is 0.184. The molecule has 1 aromatic rings. The van der Waals surface area contributed by atoms with Crippen molar-refractivity contribution in [2.24, 2.45) is 0 Å². The highest BCUT2D eigenvalue weighted by Gasteiger charge is 2.14. The van der Waals surface area contributed by atoms with Gasteiger partial charge in [-0.3, -0.25) is 0 Å². The molecule has 3 nitrogen and oxygen atoms in total. The molecular formula is C13H19NO2. The van der Waals surface area contributed by atoms with Gasteiger partial charge < -0.3 is 14.8 Å². The van der Waals surface area contributed by atoms with E-state index in [1.54, 1.807) is 7.11 Å². The molecule has 0 spiro atoms. The quantitative estimate of drug-likeness (QED) is 0.824. The molecule has 1 aromatic carbocycles. The molecule has 1 heterocycles. The van der Waals surface area contributed by atoms with Crippen LogP contribution in [0.25, 0.3) is 0 Å². The first kappa shape index (κ1) is 11.4. The Labute approximate surface area is 96.8 Å². The first-order valence-corrected chi connectivity index (χ1v) is 5.82. The predicted octanol–water partition coefficient (Wildman–Crippen LogP) is 1.96. The Hall–Kier alpha value is -1.06. The Bertz CT molecular complexity index is 321. The van der Waals surface area contributed by atoms with Crippen LogP contribution in [-0.2, 0) is 11.3 Å².